The van der Waals surface area contributed by atoms with Gasteiger partial charge in [0.05, 0.1) is 0 Å². The van der Waals surface area contributed by atoms with Gasteiger partial charge in [-0.3, -0.25) is 4.79 Å². The van der Waals surface area contributed by atoms with Crippen LogP contribution < -0.4 is 5.73 Å². The molecule has 0 aromatic heterocycles. The van der Waals surface area contributed by atoms with Crippen LogP contribution in [0.3, 0.4) is 0 Å². The molecule has 1 aromatic carbocycles. The molecule has 4 fully saturated rings. The molecule has 9 atom stereocenters. The predicted octanol–water partition coefficient (Wildman–Crippen LogP) is 9.33. The zero-order valence-electron chi connectivity index (χ0n) is 26.2. The van der Waals surface area contributed by atoms with E-state index in [0.717, 1.165) is 29.2 Å². The van der Waals surface area contributed by atoms with Gasteiger partial charge >= 0.3 is 0 Å². The van der Waals surface area contributed by atoms with E-state index < -0.39 is 0 Å². The predicted molar refractivity (Wildman–Crippen MR) is 163 cm³/mol. The monoisotopic (exact) mass is 529 g/mol. The second-order valence-electron chi connectivity index (χ2n) is 16.6. The highest BCUT2D eigenvalue weighted by molar-refractivity contribution is 5.94. The summed E-state index contributed by atoms with van der Waals surface area (Å²) in [6, 6.07) is 8.44. The number of nitrogens with two attached hydrogens (primary N) is 1. The topological polar surface area (TPSA) is 43.1 Å². The van der Waals surface area contributed by atoms with Crippen molar-refractivity contribution in [2.45, 2.75) is 119 Å². The van der Waals surface area contributed by atoms with Gasteiger partial charge in [0.1, 0.15) is 0 Å². The summed E-state index contributed by atoms with van der Waals surface area (Å²) in [6.45, 7) is 19.8. The van der Waals surface area contributed by atoms with Crippen LogP contribution in [0.2, 0.25) is 0 Å². The van der Waals surface area contributed by atoms with Gasteiger partial charge in [-0.2, -0.15) is 0 Å². The first kappa shape index (κ1) is 27.7. The van der Waals surface area contributed by atoms with Crippen molar-refractivity contribution in [1.29, 1.82) is 0 Å². The number of carbonyl (C=O) groups excluding carboxylic acids is 1. The number of allylic oxidation sites excluding steroid dienone is 2. The molecular weight excluding hydrogens is 474 g/mol. The van der Waals surface area contributed by atoms with Crippen LogP contribution >= 0.6 is 0 Å². The molecule has 0 amide bonds. The molecule has 0 radical (unpaired) electrons. The van der Waals surface area contributed by atoms with E-state index in [1.807, 2.05) is 12.1 Å². The van der Waals surface area contributed by atoms with Crippen molar-refractivity contribution in [2.24, 2.45) is 62.9 Å². The van der Waals surface area contributed by atoms with Crippen molar-refractivity contribution in [3.05, 3.63) is 41.5 Å². The number of ketones is 1. The van der Waals surface area contributed by atoms with E-state index in [4.69, 9.17) is 5.73 Å². The average Bonchev–Trinajstić information content (AvgIpc) is 3.22. The van der Waals surface area contributed by atoms with E-state index in [1.54, 1.807) is 6.92 Å². The molecule has 2 heteroatoms. The van der Waals surface area contributed by atoms with Crippen molar-refractivity contribution < 1.29 is 4.79 Å². The summed E-state index contributed by atoms with van der Waals surface area (Å²) >= 11 is 0. The summed E-state index contributed by atoms with van der Waals surface area (Å²) in [4.78, 5) is 11.9. The first-order valence-corrected chi connectivity index (χ1v) is 16.3. The normalized spacial score (nSPS) is 46.5. The fraction of sp³-hybridized carbons (Fsp3) is 0.757. The quantitative estimate of drug-likeness (QED) is 0.396. The van der Waals surface area contributed by atoms with E-state index >= 15 is 0 Å². The molecule has 5 aliphatic carbocycles. The van der Waals surface area contributed by atoms with Gasteiger partial charge in [-0.25, -0.2) is 0 Å². The lowest BCUT2D eigenvalue weighted by Gasteiger charge is -2.72. The van der Waals surface area contributed by atoms with Gasteiger partial charge < -0.3 is 5.73 Å². The molecule has 1 aromatic rings. The van der Waals surface area contributed by atoms with Crippen LogP contribution in [0.1, 0.15) is 129 Å². The van der Waals surface area contributed by atoms with E-state index in [0.29, 0.717) is 28.1 Å². The van der Waals surface area contributed by atoms with Crippen molar-refractivity contribution in [2.75, 3.05) is 0 Å². The van der Waals surface area contributed by atoms with Gasteiger partial charge in [-0.05, 0) is 133 Å². The maximum atomic E-state index is 11.9. The summed E-state index contributed by atoms with van der Waals surface area (Å²) in [5.74, 6) is 4.65. The smallest absolute Gasteiger partial charge is 0.159 e. The number of carbonyl (C=O) groups is 1. The molecule has 0 saturated heterocycles. The summed E-state index contributed by atoms with van der Waals surface area (Å²) in [7, 11) is 0. The molecule has 6 rings (SSSR count). The van der Waals surface area contributed by atoms with Gasteiger partial charge in [0, 0.05) is 11.1 Å². The fourth-order valence-corrected chi connectivity index (χ4v) is 12.4. The van der Waals surface area contributed by atoms with E-state index in [1.165, 1.54) is 68.9 Å². The zero-order chi connectivity index (χ0) is 28.2. The highest BCUT2D eigenvalue weighted by atomic mass is 16.1. The minimum Gasteiger partial charge on any atom is -0.325 e. The third kappa shape index (κ3) is 3.65. The Morgan fingerprint density at radius 1 is 0.846 bits per heavy atom. The number of Topliss-reactive ketones (excluding diaryl/α,β-unsaturated/α-hetero) is 1. The Morgan fingerprint density at radius 3 is 2.18 bits per heavy atom. The Labute approximate surface area is 239 Å². The summed E-state index contributed by atoms with van der Waals surface area (Å²) in [5, 5.41) is 0. The number of rotatable bonds is 3. The number of hydrogen-bond acceptors (Lipinski definition) is 2. The third-order valence-corrected chi connectivity index (χ3v) is 14.6. The van der Waals surface area contributed by atoms with Crippen molar-refractivity contribution in [3.8, 4) is 0 Å². The Balaban J connectivity index is 1.35. The lowest BCUT2D eigenvalue weighted by Crippen LogP contribution is -2.67. The standard InChI is InChI=1S/C37H55NO/c1-23(2)27-15-20-37(38)22-21-35(7)29(32(27)37)13-14-31-34(6)18-16-28(26-11-9-25(10-12-26)24(3)39)33(4,5)30(34)17-19-36(31,35)8/h9-12,16,23,27,29-32H,13-15,17-22,38H2,1-8H3/t27-,29+,30-,31+,32+,34-,35+,36+,37-/m0/s1. The maximum absolute atomic E-state index is 11.9. The second kappa shape index (κ2) is 8.80. The minimum atomic E-state index is 0.0891. The van der Waals surface area contributed by atoms with E-state index in [-0.39, 0.29) is 16.7 Å². The lowest BCUT2D eigenvalue weighted by atomic mass is 9.33. The number of hydrogen-bond donors (Lipinski definition) is 1. The molecular formula is C37H55NO. The van der Waals surface area contributed by atoms with Gasteiger partial charge in [-0.15, -0.1) is 0 Å². The number of benzene rings is 1. The highest BCUT2D eigenvalue weighted by Crippen LogP contribution is 2.76. The van der Waals surface area contributed by atoms with E-state index in [9.17, 15) is 4.79 Å². The van der Waals surface area contributed by atoms with Crippen LogP contribution in [0.5, 0.6) is 0 Å². The fourth-order valence-electron chi connectivity index (χ4n) is 12.4. The van der Waals surface area contributed by atoms with Gasteiger partial charge in [0.2, 0.25) is 0 Å². The first-order valence-electron chi connectivity index (χ1n) is 16.3. The largest absolute Gasteiger partial charge is 0.325 e. The summed E-state index contributed by atoms with van der Waals surface area (Å²) in [5.41, 5.74) is 12.3. The average molecular weight is 530 g/mol. The van der Waals surface area contributed by atoms with Crippen LogP contribution in [-0.4, -0.2) is 11.3 Å². The lowest BCUT2D eigenvalue weighted by molar-refractivity contribution is -0.219. The molecule has 2 N–H and O–H groups in total. The molecule has 2 nitrogen and oxygen atoms in total. The van der Waals surface area contributed by atoms with Crippen LogP contribution in [-0.2, 0) is 0 Å². The van der Waals surface area contributed by atoms with Gasteiger partial charge in [0.25, 0.3) is 0 Å². The summed E-state index contributed by atoms with van der Waals surface area (Å²) < 4.78 is 0. The highest BCUT2D eigenvalue weighted by Gasteiger charge is 2.70. The third-order valence-electron chi connectivity index (χ3n) is 14.6. The zero-order valence-corrected chi connectivity index (χ0v) is 26.2. The van der Waals surface area contributed by atoms with Crippen LogP contribution in [0.25, 0.3) is 5.57 Å². The van der Waals surface area contributed by atoms with E-state index in [2.05, 4.69) is 66.7 Å². The van der Waals surface area contributed by atoms with Crippen LogP contribution in [0.15, 0.2) is 30.3 Å². The second-order valence-corrected chi connectivity index (χ2v) is 16.6. The Morgan fingerprint density at radius 2 is 1.54 bits per heavy atom. The SMILES string of the molecule is CC(=O)c1ccc(C2=CC[C@]3(C)[C@H]4CC[C@@H]5[C@H]6[C@H](C(C)C)CC[C@]6(N)CC[C@@]5(C)[C@]4(C)CC[C@H]3C2(C)C)cc1. The molecule has 0 bridgehead atoms. The van der Waals surface area contributed by atoms with Crippen molar-refractivity contribution in [3.63, 3.8) is 0 Å². The molecule has 214 valence electrons. The van der Waals surface area contributed by atoms with Gasteiger partial charge in [0.15, 0.2) is 5.78 Å². The maximum Gasteiger partial charge on any atom is 0.159 e. The van der Waals surface area contributed by atoms with Crippen LogP contribution in [0.4, 0.5) is 0 Å². The first-order chi connectivity index (χ1) is 18.2. The van der Waals surface area contributed by atoms with Crippen molar-refractivity contribution >= 4 is 11.4 Å². The molecule has 0 spiro atoms. The van der Waals surface area contributed by atoms with Crippen molar-refractivity contribution in [1.82, 2.24) is 0 Å². The molecule has 0 aliphatic heterocycles. The minimum absolute atomic E-state index is 0.0891. The molecule has 5 aliphatic rings. The Hall–Kier alpha value is -1.41. The summed E-state index contributed by atoms with van der Waals surface area (Å²) in [6.07, 6.45) is 14.4. The molecule has 0 heterocycles. The van der Waals surface area contributed by atoms with Gasteiger partial charge in [-0.1, -0.05) is 78.8 Å². The molecule has 0 unspecified atom stereocenters. The molecule has 4 saturated carbocycles. The number of fused-ring (bicyclic) bond motifs is 7. The Bertz CT molecular complexity index is 1180. The van der Waals surface area contributed by atoms with Crippen LogP contribution in [0, 0.1) is 57.2 Å². The molecule has 39 heavy (non-hydrogen) atoms. The Kier molecular flexibility index (Phi) is 6.26.